The number of Topliss-reactive ketones (excluding diaryl/α,β-unsaturated/α-hetero) is 1. The molecule has 1 N–H and O–H groups in total. The lowest BCUT2D eigenvalue weighted by Gasteiger charge is -2.27. The molecule has 1 amide bonds. The number of ketones is 1. The summed E-state index contributed by atoms with van der Waals surface area (Å²) in [5.41, 5.74) is 3.21. The number of nitrogens with one attached hydrogen (secondary N) is 1. The van der Waals surface area contributed by atoms with E-state index < -0.39 is 6.04 Å². The van der Waals surface area contributed by atoms with Crippen molar-refractivity contribution in [1.82, 2.24) is 0 Å². The van der Waals surface area contributed by atoms with Gasteiger partial charge < -0.3 is 14.8 Å². The average Bonchev–Trinajstić information content (AvgIpc) is 3.25. The number of rotatable bonds is 8. The van der Waals surface area contributed by atoms with Crippen molar-refractivity contribution in [2.45, 2.75) is 6.04 Å². The first-order valence-corrected chi connectivity index (χ1v) is 11.9. The van der Waals surface area contributed by atoms with E-state index in [1.165, 1.54) is 0 Å². The van der Waals surface area contributed by atoms with Crippen molar-refractivity contribution >= 4 is 23.1 Å². The van der Waals surface area contributed by atoms with E-state index in [0.29, 0.717) is 34.0 Å². The molecule has 0 aliphatic carbocycles. The van der Waals surface area contributed by atoms with Crippen molar-refractivity contribution in [3.05, 3.63) is 132 Å². The Kier molecular flexibility index (Phi) is 6.72. The minimum atomic E-state index is -0.700. The van der Waals surface area contributed by atoms with Gasteiger partial charge in [0.05, 0.1) is 25.8 Å². The molecule has 1 heterocycles. The highest BCUT2D eigenvalue weighted by Crippen LogP contribution is 2.44. The number of nitrogens with zero attached hydrogens (tertiary/aromatic N) is 1. The summed E-state index contributed by atoms with van der Waals surface area (Å²) in [6.45, 7) is 0. The van der Waals surface area contributed by atoms with E-state index in [2.05, 4.69) is 5.32 Å². The predicted octanol–water partition coefficient (Wildman–Crippen LogP) is 6.04. The van der Waals surface area contributed by atoms with Gasteiger partial charge in [-0.1, -0.05) is 72.8 Å². The average molecular weight is 491 g/mol. The molecule has 6 nitrogen and oxygen atoms in total. The van der Waals surface area contributed by atoms with Crippen LogP contribution in [0.15, 0.2) is 120 Å². The zero-order chi connectivity index (χ0) is 25.8. The Bertz CT molecular complexity index is 1450. The molecule has 0 aromatic heterocycles. The summed E-state index contributed by atoms with van der Waals surface area (Å²) in [5, 5.41) is 3.25. The van der Waals surface area contributed by atoms with Crippen molar-refractivity contribution in [3.8, 4) is 11.5 Å². The van der Waals surface area contributed by atoms with E-state index in [9.17, 15) is 9.59 Å². The Morgan fingerprint density at radius 1 is 0.757 bits per heavy atom. The van der Waals surface area contributed by atoms with Crippen LogP contribution in [0.5, 0.6) is 11.5 Å². The molecular formula is C31H26N2O4. The Morgan fingerprint density at radius 2 is 1.35 bits per heavy atom. The van der Waals surface area contributed by atoms with Gasteiger partial charge in [0.25, 0.3) is 5.91 Å². The lowest BCUT2D eigenvalue weighted by atomic mass is 9.92. The molecule has 4 aromatic rings. The van der Waals surface area contributed by atoms with Crippen LogP contribution in [-0.4, -0.2) is 25.9 Å². The quantitative estimate of drug-likeness (QED) is 0.305. The van der Waals surface area contributed by atoms with Gasteiger partial charge in [0.15, 0.2) is 17.3 Å². The van der Waals surface area contributed by atoms with Crippen LogP contribution in [0.3, 0.4) is 0 Å². The van der Waals surface area contributed by atoms with Crippen LogP contribution in [0.1, 0.15) is 22.0 Å². The Balaban J connectivity index is 1.75. The molecule has 5 rings (SSSR count). The van der Waals surface area contributed by atoms with E-state index in [4.69, 9.17) is 9.47 Å². The molecular weight excluding hydrogens is 464 g/mol. The van der Waals surface area contributed by atoms with Gasteiger partial charge in [-0.05, 0) is 42.0 Å². The lowest BCUT2D eigenvalue weighted by Crippen LogP contribution is -2.31. The summed E-state index contributed by atoms with van der Waals surface area (Å²) in [6, 6.07) is 32.5. The molecule has 1 atom stereocenters. The summed E-state index contributed by atoms with van der Waals surface area (Å²) >= 11 is 0. The number of amides is 1. The highest BCUT2D eigenvalue weighted by molar-refractivity contribution is 6.23. The highest BCUT2D eigenvalue weighted by atomic mass is 16.5. The fourth-order valence-electron chi connectivity index (χ4n) is 4.58. The smallest absolute Gasteiger partial charge is 0.276 e. The van der Waals surface area contributed by atoms with Crippen LogP contribution in [0.4, 0.5) is 11.4 Å². The summed E-state index contributed by atoms with van der Waals surface area (Å²) in [7, 11) is 3.13. The molecule has 37 heavy (non-hydrogen) atoms. The zero-order valence-electron chi connectivity index (χ0n) is 20.5. The van der Waals surface area contributed by atoms with E-state index in [-0.39, 0.29) is 17.4 Å². The molecule has 0 saturated heterocycles. The molecule has 4 aromatic carbocycles. The lowest BCUT2D eigenvalue weighted by molar-refractivity contribution is -0.114. The number of hydrogen-bond donors (Lipinski definition) is 1. The second-order valence-corrected chi connectivity index (χ2v) is 8.50. The van der Waals surface area contributed by atoms with E-state index in [1.807, 2.05) is 91.0 Å². The number of benzene rings is 4. The van der Waals surface area contributed by atoms with Crippen molar-refractivity contribution in [2.75, 3.05) is 24.4 Å². The van der Waals surface area contributed by atoms with Crippen molar-refractivity contribution in [3.63, 3.8) is 0 Å². The van der Waals surface area contributed by atoms with Gasteiger partial charge in [0.1, 0.15) is 5.70 Å². The number of carbonyl (C=O) groups is 2. The number of methoxy groups -OCH3 is 2. The molecule has 0 spiro atoms. The standard InChI is InChI=1S/C31H26N2O4/c1-36-25-19-18-22(20-26(25)37-2)29-27(30(34)21-12-6-3-7-13-21)28(32-23-14-8-4-9-15-23)31(35)33(29)24-16-10-5-11-17-24/h3-20,29,32H,1-2H3/t29-/m1/s1. The summed E-state index contributed by atoms with van der Waals surface area (Å²) in [4.78, 5) is 29.9. The van der Waals surface area contributed by atoms with Crippen molar-refractivity contribution in [1.29, 1.82) is 0 Å². The predicted molar refractivity (Wildman–Crippen MR) is 144 cm³/mol. The zero-order valence-corrected chi connectivity index (χ0v) is 20.5. The largest absolute Gasteiger partial charge is 0.493 e. The van der Waals surface area contributed by atoms with Gasteiger partial charge in [-0.3, -0.25) is 14.5 Å². The maximum atomic E-state index is 14.1. The monoisotopic (exact) mass is 490 g/mol. The van der Waals surface area contributed by atoms with Crippen molar-refractivity contribution in [2.24, 2.45) is 0 Å². The van der Waals surface area contributed by atoms with Gasteiger partial charge >= 0.3 is 0 Å². The Morgan fingerprint density at radius 3 is 1.97 bits per heavy atom. The van der Waals surface area contributed by atoms with Gasteiger partial charge in [0, 0.05) is 16.9 Å². The topological polar surface area (TPSA) is 67.9 Å². The minimum absolute atomic E-state index is 0.231. The molecule has 0 saturated carbocycles. The van der Waals surface area contributed by atoms with E-state index >= 15 is 0 Å². The minimum Gasteiger partial charge on any atom is -0.493 e. The molecule has 1 aliphatic rings. The maximum Gasteiger partial charge on any atom is 0.276 e. The van der Waals surface area contributed by atoms with Gasteiger partial charge in [-0.2, -0.15) is 0 Å². The van der Waals surface area contributed by atoms with Gasteiger partial charge in [0.2, 0.25) is 0 Å². The first kappa shape index (κ1) is 23.9. The third-order valence-electron chi connectivity index (χ3n) is 6.32. The second-order valence-electron chi connectivity index (χ2n) is 8.50. The first-order chi connectivity index (χ1) is 18.1. The number of ether oxygens (including phenoxy) is 2. The van der Waals surface area contributed by atoms with Crippen LogP contribution in [-0.2, 0) is 4.79 Å². The maximum absolute atomic E-state index is 14.1. The second kappa shape index (κ2) is 10.4. The van der Waals surface area contributed by atoms with Crippen molar-refractivity contribution < 1.29 is 19.1 Å². The Labute approximate surface area is 215 Å². The number of anilines is 2. The van der Waals surface area contributed by atoms with Crippen LogP contribution in [0, 0.1) is 0 Å². The van der Waals surface area contributed by atoms with E-state index in [0.717, 1.165) is 5.56 Å². The third kappa shape index (κ3) is 4.57. The molecule has 0 fully saturated rings. The van der Waals surface area contributed by atoms with Crippen LogP contribution in [0.2, 0.25) is 0 Å². The fraction of sp³-hybridized carbons (Fsp3) is 0.0968. The SMILES string of the molecule is COc1ccc([C@@H]2C(C(=O)c3ccccc3)=C(Nc3ccccc3)C(=O)N2c2ccccc2)cc1OC. The van der Waals surface area contributed by atoms with Crippen LogP contribution < -0.4 is 19.7 Å². The van der Waals surface area contributed by atoms with Gasteiger partial charge in [-0.15, -0.1) is 0 Å². The molecule has 0 bridgehead atoms. The fourth-order valence-corrected chi connectivity index (χ4v) is 4.58. The summed E-state index contributed by atoms with van der Waals surface area (Å²) < 4.78 is 11.0. The summed E-state index contributed by atoms with van der Waals surface area (Å²) in [6.07, 6.45) is 0. The number of para-hydroxylation sites is 2. The Hall–Kier alpha value is -4.84. The van der Waals surface area contributed by atoms with Crippen LogP contribution >= 0.6 is 0 Å². The molecule has 184 valence electrons. The third-order valence-corrected chi connectivity index (χ3v) is 6.32. The first-order valence-electron chi connectivity index (χ1n) is 11.9. The number of carbonyl (C=O) groups excluding carboxylic acids is 2. The molecule has 0 radical (unpaired) electrons. The molecule has 0 unspecified atom stereocenters. The normalized spacial score (nSPS) is 15.0. The molecule has 6 heteroatoms. The van der Waals surface area contributed by atoms with Gasteiger partial charge in [-0.25, -0.2) is 0 Å². The molecule has 1 aliphatic heterocycles. The number of hydrogen-bond acceptors (Lipinski definition) is 5. The highest BCUT2D eigenvalue weighted by Gasteiger charge is 2.44. The van der Waals surface area contributed by atoms with Crippen LogP contribution in [0.25, 0.3) is 0 Å². The summed E-state index contributed by atoms with van der Waals surface area (Å²) in [5.74, 6) is 0.542. The van der Waals surface area contributed by atoms with E-state index in [1.54, 1.807) is 37.3 Å².